The lowest BCUT2D eigenvalue weighted by Crippen LogP contribution is -2.86. The molecule has 0 spiro atoms. The van der Waals surface area contributed by atoms with Gasteiger partial charge >= 0.3 is 5.97 Å². The maximum absolute atomic E-state index is 13.0. The number of nitrogens with zero attached hydrogens (tertiary/aromatic N) is 2. The number of hydrogen-bond donors (Lipinski definition) is 1. The first-order chi connectivity index (χ1) is 12.5. The SMILES string of the molecule is CC[C@H]([NH2+]CC(C)C)c1nc2ccccc2c(=O)n1CCCC(=O)OC. The summed E-state index contributed by atoms with van der Waals surface area (Å²) in [5.74, 6) is 1.09. The number of fused-ring (bicyclic) bond motifs is 1. The number of esters is 1. The Morgan fingerprint density at radius 2 is 2.04 bits per heavy atom. The standard InChI is InChI=1S/C20H29N3O3/c1-5-16(21-13-14(2)3)19-22-17-10-7-6-9-15(17)20(25)23(19)12-8-11-18(24)26-4/h6-7,9-10,14,16,21H,5,8,11-13H2,1-4H3/p+1/t16-/m0/s1. The number of hydrogen-bond acceptors (Lipinski definition) is 4. The van der Waals surface area contributed by atoms with E-state index in [0.717, 1.165) is 24.3 Å². The molecule has 1 atom stereocenters. The summed E-state index contributed by atoms with van der Waals surface area (Å²) in [6.45, 7) is 7.92. The average Bonchev–Trinajstić information content (AvgIpc) is 2.64. The van der Waals surface area contributed by atoms with Crippen LogP contribution in [-0.4, -0.2) is 29.2 Å². The molecule has 0 amide bonds. The van der Waals surface area contributed by atoms with Gasteiger partial charge in [-0.3, -0.25) is 14.2 Å². The summed E-state index contributed by atoms with van der Waals surface area (Å²) < 4.78 is 6.45. The van der Waals surface area contributed by atoms with E-state index in [-0.39, 0.29) is 17.6 Å². The number of methoxy groups -OCH3 is 1. The Morgan fingerprint density at radius 3 is 2.69 bits per heavy atom. The highest BCUT2D eigenvalue weighted by atomic mass is 16.5. The van der Waals surface area contributed by atoms with E-state index in [1.54, 1.807) is 4.57 Å². The van der Waals surface area contributed by atoms with Crippen molar-refractivity contribution in [3.63, 3.8) is 0 Å². The van der Waals surface area contributed by atoms with Gasteiger partial charge < -0.3 is 10.1 Å². The molecule has 142 valence electrons. The summed E-state index contributed by atoms with van der Waals surface area (Å²) in [7, 11) is 1.38. The Kier molecular flexibility index (Phi) is 7.33. The maximum atomic E-state index is 13.0. The van der Waals surface area contributed by atoms with Crippen molar-refractivity contribution < 1.29 is 14.8 Å². The van der Waals surface area contributed by atoms with Crippen molar-refractivity contribution in [1.29, 1.82) is 0 Å². The predicted octanol–water partition coefficient (Wildman–Crippen LogP) is 2.02. The van der Waals surface area contributed by atoms with Crippen LogP contribution in [0, 0.1) is 5.92 Å². The molecule has 6 heteroatoms. The molecule has 26 heavy (non-hydrogen) atoms. The number of carbonyl (C=O) groups is 1. The Labute approximate surface area is 154 Å². The zero-order valence-electron chi connectivity index (χ0n) is 16.2. The van der Waals surface area contributed by atoms with Gasteiger partial charge in [-0.1, -0.05) is 32.9 Å². The quantitative estimate of drug-likeness (QED) is 0.694. The molecule has 0 aliphatic rings. The number of quaternary nitrogens is 1. The molecule has 0 radical (unpaired) electrons. The van der Waals surface area contributed by atoms with Gasteiger partial charge in [0, 0.05) is 25.3 Å². The Morgan fingerprint density at radius 1 is 1.31 bits per heavy atom. The molecule has 1 heterocycles. The number of para-hydroxylation sites is 1. The van der Waals surface area contributed by atoms with Gasteiger partial charge in [0.2, 0.25) is 0 Å². The van der Waals surface area contributed by atoms with Crippen molar-refractivity contribution in [2.45, 2.75) is 52.6 Å². The second-order valence-electron chi connectivity index (χ2n) is 7.00. The van der Waals surface area contributed by atoms with Crippen LogP contribution < -0.4 is 10.9 Å². The van der Waals surface area contributed by atoms with Crippen LogP contribution in [0.2, 0.25) is 0 Å². The van der Waals surface area contributed by atoms with Gasteiger partial charge in [-0.15, -0.1) is 0 Å². The predicted molar refractivity (Wildman–Crippen MR) is 102 cm³/mol. The van der Waals surface area contributed by atoms with Crippen molar-refractivity contribution in [3.05, 3.63) is 40.4 Å². The molecule has 1 aromatic heterocycles. The van der Waals surface area contributed by atoms with Crippen LogP contribution in [-0.2, 0) is 16.1 Å². The molecule has 0 saturated heterocycles. The highest BCUT2D eigenvalue weighted by Crippen LogP contribution is 2.15. The van der Waals surface area contributed by atoms with Crippen molar-refractivity contribution >= 4 is 16.9 Å². The van der Waals surface area contributed by atoms with Crippen LogP contribution in [0.15, 0.2) is 29.1 Å². The normalized spacial score (nSPS) is 12.5. The second kappa shape index (κ2) is 9.48. The summed E-state index contributed by atoms with van der Waals surface area (Å²) in [5.41, 5.74) is 0.694. The third-order valence-corrected chi connectivity index (χ3v) is 4.54. The zero-order chi connectivity index (χ0) is 19.1. The molecule has 2 rings (SSSR count). The lowest BCUT2D eigenvalue weighted by molar-refractivity contribution is -0.702. The first kappa shape index (κ1) is 20.1. The smallest absolute Gasteiger partial charge is 0.305 e. The average molecular weight is 360 g/mol. The van der Waals surface area contributed by atoms with Gasteiger partial charge in [0.15, 0.2) is 5.82 Å². The monoisotopic (exact) mass is 360 g/mol. The largest absolute Gasteiger partial charge is 0.469 e. The number of nitrogens with two attached hydrogens (primary N) is 1. The van der Waals surface area contributed by atoms with Gasteiger partial charge in [-0.2, -0.15) is 0 Å². The van der Waals surface area contributed by atoms with E-state index in [4.69, 9.17) is 9.72 Å². The molecule has 1 aromatic carbocycles. The van der Waals surface area contributed by atoms with Gasteiger partial charge in [0.05, 0.1) is 24.6 Å². The minimum atomic E-state index is -0.258. The van der Waals surface area contributed by atoms with Crippen molar-refractivity contribution in [1.82, 2.24) is 9.55 Å². The zero-order valence-corrected chi connectivity index (χ0v) is 16.2. The molecule has 0 fully saturated rings. The van der Waals surface area contributed by atoms with Gasteiger partial charge in [0.25, 0.3) is 5.56 Å². The fourth-order valence-electron chi connectivity index (χ4n) is 3.06. The van der Waals surface area contributed by atoms with E-state index in [1.165, 1.54) is 7.11 Å². The van der Waals surface area contributed by atoms with E-state index in [9.17, 15) is 9.59 Å². The first-order valence-corrected chi connectivity index (χ1v) is 9.37. The molecule has 2 aromatic rings. The fourth-order valence-corrected chi connectivity index (χ4v) is 3.06. The molecular weight excluding hydrogens is 330 g/mol. The van der Waals surface area contributed by atoms with Gasteiger partial charge in [-0.25, -0.2) is 4.98 Å². The minimum Gasteiger partial charge on any atom is -0.469 e. The number of ether oxygens (including phenoxy) is 1. The molecule has 0 aliphatic heterocycles. The highest BCUT2D eigenvalue weighted by molar-refractivity contribution is 5.77. The minimum absolute atomic E-state index is 0.0353. The number of carbonyl (C=O) groups excluding carboxylic acids is 1. The van der Waals surface area contributed by atoms with Crippen molar-refractivity contribution in [2.75, 3.05) is 13.7 Å². The molecule has 0 bridgehead atoms. The van der Waals surface area contributed by atoms with Crippen LogP contribution in [0.3, 0.4) is 0 Å². The van der Waals surface area contributed by atoms with E-state index >= 15 is 0 Å². The van der Waals surface area contributed by atoms with Crippen molar-refractivity contribution in [2.24, 2.45) is 5.92 Å². The summed E-state index contributed by atoms with van der Waals surface area (Å²) >= 11 is 0. The Hall–Kier alpha value is -2.21. The van der Waals surface area contributed by atoms with E-state index in [2.05, 4.69) is 26.1 Å². The van der Waals surface area contributed by atoms with Gasteiger partial charge in [-0.05, 0) is 18.6 Å². The molecule has 0 saturated carbocycles. The van der Waals surface area contributed by atoms with E-state index < -0.39 is 0 Å². The highest BCUT2D eigenvalue weighted by Gasteiger charge is 2.21. The molecular formula is C20H30N3O3+. The number of aromatic nitrogens is 2. The molecule has 0 aliphatic carbocycles. The van der Waals surface area contributed by atoms with Crippen molar-refractivity contribution in [3.8, 4) is 0 Å². The topological polar surface area (TPSA) is 77.8 Å². The summed E-state index contributed by atoms with van der Waals surface area (Å²) in [6, 6.07) is 7.57. The number of rotatable bonds is 9. The lowest BCUT2D eigenvalue weighted by atomic mass is 10.1. The first-order valence-electron chi connectivity index (χ1n) is 9.37. The molecule has 0 unspecified atom stereocenters. The summed E-state index contributed by atoms with van der Waals surface area (Å²) in [5, 5.41) is 2.88. The Bertz CT molecular complexity index is 798. The van der Waals surface area contributed by atoms with Crippen LogP contribution in [0.25, 0.3) is 10.9 Å². The Balaban J connectivity index is 2.42. The van der Waals surface area contributed by atoms with Crippen LogP contribution in [0.5, 0.6) is 0 Å². The third-order valence-electron chi connectivity index (χ3n) is 4.54. The second-order valence-corrected chi connectivity index (χ2v) is 7.00. The van der Waals surface area contributed by atoms with E-state index in [0.29, 0.717) is 30.7 Å². The van der Waals surface area contributed by atoms with Crippen LogP contribution in [0.1, 0.15) is 51.9 Å². The van der Waals surface area contributed by atoms with E-state index in [1.807, 2.05) is 24.3 Å². The lowest BCUT2D eigenvalue weighted by Gasteiger charge is -2.20. The fraction of sp³-hybridized carbons (Fsp3) is 0.550. The summed E-state index contributed by atoms with van der Waals surface area (Å²) in [4.78, 5) is 29.3. The molecule has 6 nitrogen and oxygen atoms in total. The summed E-state index contributed by atoms with van der Waals surface area (Å²) in [6.07, 6.45) is 1.73. The van der Waals surface area contributed by atoms with Gasteiger partial charge in [0.1, 0.15) is 6.04 Å². The maximum Gasteiger partial charge on any atom is 0.305 e. The number of benzene rings is 1. The molecule has 2 N–H and O–H groups in total. The third kappa shape index (κ3) is 4.91. The van der Waals surface area contributed by atoms with Crippen LogP contribution >= 0.6 is 0 Å². The van der Waals surface area contributed by atoms with Crippen LogP contribution in [0.4, 0.5) is 0 Å².